The summed E-state index contributed by atoms with van der Waals surface area (Å²) >= 11 is -2.03. The summed E-state index contributed by atoms with van der Waals surface area (Å²) in [5.41, 5.74) is 3.00. The first-order valence-corrected chi connectivity index (χ1v) is 7.92. The second kappa shape index (κ2) is 5.55. The second-order valence-electron chi connectivity index (χ2n) is 5.41. The fourth-order valence-electron chi connectivity index (χ4n) is 3.00. The predicted octanol–water partition coefficient (Wildman–Crippen LogP) is 2.35. The van der Waals surface area contributed by atoms with Gasteiger partial charge in [-0.2, -0.15) is 0 Å². The standard InChI is InChI=1S/C14H19N3O2S/c1-17-6-2-3-12(17)7-10-9-15-14-5-4-11(8-13(10)14)16-20(18)19/h4-5,8-9,12,15-16H,2-3,6-7H2,1H3,(H,18,19). The Morgan fingerprint density at radius 2 is 2.40 bits per heavy atom. The Kier molecular flexibility index (Phi) is 3.78. The van der Waals surface area contributed by atoms with Gasteiger partial charge in [0.15, 0.2) is 0 Å². The van der Waals surface area contributed by atoms with Crippen LogP contribution in [0.1, 0.15) is 18.4 Å². The van der Waals surface area contributed by atoms with E-state index >= 15 is 0 Å². The molecule has 0 amide bonds. The minimum atomic E-state index is -2.03. The molecule has 0 saturated carbocycles. The summed E-state index contributed by atoms with van der Waals surface area (Å²) in [6, 6.07) is 6.27. The predicted molar refractivity (Wildman–Crippen MR) is 82.0 cm³/mol. The molecule has 2 heterocycles. The number of hydrogen-bond acceptors (Lipinski definition) is 2. The van der Waals surface area contributed by atoms with Crippen LogP contribution < -0.4 is 4.72 Å². The third-order valence-electron chi connectivity index (χ3n) is 4.10. The van der Waals surface area contributed by atoms with Gasteiger partial charge in [-0.1, -0.05) is 0 Å². The second-order valence-corrected chi connectivity index (χ2v) is 6.11. The van der Waals surface area contributed by atoms with Crippen LogP contribution in [-0.4, -0.2) is 38.3 Å². The van der Waals surface area contributed by atoms with Gasteiger partial charge in [0, 0.05) is 28.8 Å². The van der Waals surface area contributed by atoms with Gasteiger partial charge in [0.05, 0.1) is 0 Å². The number of likely N-dealkylation sites (N-methyl/N-ethyl adjacent to an activating group) is 1. The molecule has 5 nitrogen and oxygen atoms in total. The first-order chi connectivity index (χ1) is 9.63. The minimum absolute atomic E-state index is 0.595. The number of nitrogens with zero attached hydrogens (tertiary/aromatic N) is 1. The molecular weight excluding hydrogens is 274 g/mol. The van der Waals surface area contributed by atoms with Gasteiger partial charge in [-0.3, -0.25) is 9.27 Å². The Hall–Kier alpha value is -1.37. The highest BCUT2D eigenvalue weighted by Crippen LogP contribution is 2.26. The summed E-state index contributed by atoms with van der Waals surface area (Å²) in [5, 5.41) is 1.13. The topological polar surface area (TPSA) is 68.4 Å². The zero-order valence-electron chi connectivity index (χ0n) is 11.4. The van der Waals surface area contributed by atoms with Crippen LogP contribution in [0.3, 0.4) is 0 Å². The van der Waals surface area contributed by atoms with Crippen molar-refractivity contribution < 1.29 is 8.76 Å². The number of hydrogen-bond donors (Lipinski definition) is 3. The van der Waals surface area contributed by atoms with Gasteiger partial charge >= 0.3 is 0 Å². The van der Waals surface area contributed by atoms with Crippen molar-refractivity contribution in [3.63, 3.8) is 0 Å². The number of aromatic nitrogens is 1. The smallest absolute Gasteiger partial charge is 0.259 e. The average Bonchev–Trinajstić information content (AvgIpc) is 2.97. The van der Waals surface area contributed by atoms with Crippen molar-refractivity contribution in [3.8, 4) is 0 Å². The number of rotatable bonds is 4. The molecule has 1 aliphatic heterocycles. The molecule has 2 atom stereocenters. The Labute approximate surface area is 120 Å². The highest BCUT2D eigenvalue weighted by atomic mass is 32.2. The molecule has 3 rings (SSSR count). The fourth-order valence-corrected chi connectivity index (χ4v) is 3.33. The summed E-state index contributed by atoms with van der Waals surface area (Å²) < 4.78 is 22.3. The third-order valence-corrected chi connectivity index (χ3v) is 4.51. The van der Waals surface area contributed by atoms with Gasteiger partial charge < -0.3 is 9.88 Å². The van der Waals surface area contributed by atoms with E-state index in [-0.39, 0.29) is 0 Å². The summed E-state index contributed by atoms with van der Waals surface area (Å²) in [4.78, 5) is 5.68. The molecule has 0 bridgehead atoms. The Bertz CT molecular complexity index is 640. The number of benzene rings is 1. The molecule has 0 aliphatic carbocycles. The lowest BCUT2D eigenvalue weighted by atomic mass is 10.0. The summed E-state index contributed by atoms with van der Waals surface area (Å²) in [6.45, 7) is 1.17. The molecule has 1 aliphatic rings. The zero-order valence-corrected chi connectivity index (χ0v) is 12.2. The van der Waals surface area contributed by atoms with Crippen molar-refractivity contribution in [1.29, 1.82) is 0 Å². The monoisotopic (exact) mass is 293 g/mol. The van der Waals surface area contributed by atoms with Crippen molar-refractivity contribution >= 4 is 27.9 Å². The van der Waals surface area contributed by atoms with Gasteiger partial charge in [-0.25, -0.2) is 4.21 Å². The maximum atomic E-state index is 10.8. The van der Waals surface area contributed by atoms with Crippen LogP contribution in [0.25, 0.3) is 10.9 Å². The first-order valence-electron chi connectivity index (χ1n) is 6.81. The van der Waals surface area contributed by atoms with E-state index < -0.39 is 11.3 Å². The van der Waals surface area contributed by atoms with Gasteiger partial charge in [-0.05, 0) is 56.6 Å². The van der Waals surface area contributed by atoms with E-state index in [4.69, 9.17) is 4.55 Å². The van der Waals surface area contributed by atoms with Gasteiger partial charge in [0.25, 0.3) is 11.3 Å². The molecular formula is C14H19N3O2S. The Morgan fingerprint density at radius 1 is 1.55 bits per heavy atom. The van der Waals surface area contributed by atoms with E-state index in [9.17, 15) is 4.21 Å². The fraction of sp³-hybridized carbons (Fsp3) is 0.429. The van der Waals surface area contributed by atoms with Crippen LogP contribution in [0.5, 0.6) is 0 Å². The van der Waals surface area contributed by atoms with Crippen molar-refractivity contribution in [1.82, 2.24) is 9.88 Å². The van der Waals surface area contributed by atoms with Crippen LogP contribution >= 0.6 is 0 Å². The van der Waals surface area contributed by atoms with E-state index in [1.807, 2.05) is 12.1 Å². The van der Waals surface area contributed by atoms with Crippen LogP contribution in [0.2, 0.25) is 0 Å². The summed E-state index contributed by atoms with van der Waals surface area (Å²) in [6.07, 6.45) is 5.57. The van der Waals surface area contributed by atoms with Crippen molar-refractivity contribution in [2.24, 2.45) is 0 Å². The first kappa shape index (κ1) is 13.6. The number of anilines is 1. The minimum Gasteiger partial charge on any atom is -0.361 e. The lowest BCUT2D eigenvalue weighted by molar-refractivity contribution is 0.310. The number of H-pyrrole nitrogens is 1. The quantitative estimate of drug-likeness (QED) is 0.758. The molecule has 1 aromatic carbocycles. The highest BCUT2D eigenvalue weighted by Gasteiger charge is 2.22. The number of fused-ring (bicyclic) bond motifs is 1. The maximum Gasteiger partial charge on any atom is 0.259 e. The van der Waals surface area contributed by atoms with E-state index in [0.29, 0.717) is 11.7 Å². The van der Waals surface area contributed by atoms with E-state index in [2.05, 4.69) is 27.9 Å². The number of likely N-dealkylation sites (tertiary alicyclic amines) is 1. The molecule has 2 unspecified atom stereocenters. The molecule has 6 heteroatoms. The maximum absolute atomic E-state index is 10.8. The number of aromatic amines is 1. The number of nitrogens with one attached hydrogen (secondary N) is 2. The molecule has 0 spiro atoms. The average molecular weight is 293 g/mol. The molecule has 20 heavy (non-hydrogen) atoms. The van der Waals surface area contributed by atoms with Crippen LogP contribution in [0.4, 0.5) is 5.69 Å². The zero-order chi connectivity index (χ0) is 14.1. The van der Waals surface area contributed by atoms with Crippen molar-refractivity contribution in [2.45, 2.75) is 25.3 Å². The third kappa shape index (κ3) is 2.72. The molecule has 3 N–H and O–H groups in total. The summed E-state index contributed by atoms with van der Waals surface area (Å²) in [5.74, 6) is 0. The molecule has 108 valence electrons. The van der Waals surface area contributed by atoms with E-state index in [1.54, 1.807) is 6.07 Å². The molecule has 1 aromatic heterocycles. The van der Waals surface area contributed by atoms with Gasteiger partial charge in [0.2, 0.25) is 0 Å². The lowest BCUT2D eigenvalue weighted by Gasteiger charge is -2.18. The molecule has 0 radical (unpaired) electrons. The van der Waals surface area contributed by atoms with Crippen LogP contribution in [0, 0.1) is 0 Å². The Morgan fingerprint density at radius 3 is 3.10 bits per heavy atom. The molecule has 2 aromatic rings. The highest BCUT2D eigenvalue weighted by molar-refractivity contribution is 7.80. The van der Waals surface area contributed by atoms with Crippen molar-refractivity contribution in [3.05, 3.63) is 30.0 Å². The normalized spacial score (nSPS) is 21.4. The largest absolute Gasteiger partial charge is 0.361 e. The van der Waals surface area contributed by atoms with Gasteiger partial charge in [0.1, 0.15) is 0 Å². The Balaban J connectivity index is 1.88. The lowest BCUT2D eigenvalue weighted by Crippen LogP contribution is -2.26. The van der Waals surface area contributed by atoms with Gasteiger partial charge in [-0.15, -0.1) is 0 Å². The molecule has 1 saturated heterocycles. The SMILES string of the molecule is CN1CCCC1Cc1c[nH]c2ccc(NS(=O)O)cc12. The van der Waals surface area contributed by atoms with Crippen LogP contribution in [0.15, 0.2) is 24.4 Å². The van der Waals surface area contributed by atoms with Crippen molar-refractivity contribution in [2.75, 3.05) is 18.3 Å². The summed E-state index contributed by atoms with van der Waals surface area (Å²) in [7, 11) is 2.18. The van der Waals surface area contributed by atoms with E-state index in [1.165, 1.54) is 24.9 Å². The van der Waals surface area contributed by atoms with Crippen LogP contribution in [-0.2, 0) is 17.7 Å². The molecule has 1 fully saturated rings. The van der Waals surface area contributed by atoms with E-state index in [0.717, 1.165) is 17.3 Å².